The molecule has 1 fully saturated rings. The number of fused-ring (bicyclic) bond motifs is 6. The van der Waals surface area contributed by atoms with Gasteiger partial charge in [-0.05, 0) is 87.7 Å². The zero-order valence-electron chi connectivity index (χ0n) is 18.3. The van der Waals surface area contributed by atoms with Crippen LogP contribution in [0.1, 0.15) is 64.7 Å². The van der Waals surface area contributed by atoms with Crippen LogP contribution in [0.2, 0.25) is 0 Å². The molecule has 0 aromatic heterocycles. The van der Waals surface area contributed by atoms with Crippen molar-refractivity contribution in [1.29, 1.82) is 0 Å². The SMILES string of the molecule is c1ccc2c(c1)Cc1c-2cccc1C1CCCC(c2cccc3c2Cc2ccccc2-3)N1. The highest BCUT2D eigenvalue weighted by Crippen LogP contribution is 2.45. The van der Waals surface area contributed by atoms with Gasteiger partial charge in [0.1, 0.15) is 0 Å². The standard InChI is InChI=1S/C31H27N/c1-3-10-22-20(8-1)18-28-24(22)12-5-14-26(28)30-16-7-17-31(32-30)27-15-6-13-25-23-11-4-2-9-21(23)19-29(25)27/h1-6,8-15,30-32H,7,16-19H2. The first-order chi connectivity index (χ1) is 15.9. The first-order valence-corrected chi connectivity index (χ1v) is 12.0. The van der Waals surface area contributed by atoms with Crippen LogP contribution in [-0.4, -0.2) is 0 Å². The first kappa shape index (κ1) is 18.4. The molecule has 1 heteroatoms. The lowest BCUT2D eigenvalue weighted by molar-refractivity contribution is 0.329. The molecule has 1 N–H and O–H groups in total. The van der Waals surface area contributed by atoms with Gasteiger partial charge in [0.2, 0.25) is 0 Å². The smallest absolute Gasteiger partial charge is 0.0328 e. The number of hydrogen-bond acceptors (Lipinski definition) is 1. The number of nitrogens with one attached hydrogen (secondary N) is 1. The zero-order chi connectivity index (χ0) is 21.1. The fraction of sp³-hybridized carbons (Fsp3) is 0.226. The van der Waals surface area contributed by atoms with E-state index in [2.05, 4.69) is 90.2 Å². The van der Waals surface area contributed by atoms with Gasteiger partial charge in [0.25, 0.3) is 0 Å². The van der Waals surface area contributed by atoms with E-state index in [4.69, 9.17) is 0 Å². The Morgan fingerprint density at radius 1 is 0.500 bits per heavy atom. The minimum absolute atomic E-state index is 0.428. The Morgan fingerprint density at radius 2 is 0.969 bits per heavy atom. The van der Waals surface area contributed by atoms with Gasteiger partial charge in [-0.3, -0.25) is 0 Å². The van der Waals surface area contributed by atoms with Crippen molar-refractivity contribution in [3.05, 3.63) is 118 Å². The molecule has 0 radical (unpaired) electrons. The molecule has 2 unspecified atom stereocenters. The lowest BCUT2D eigenvalue weighted by Gasteiger charge is -2.34. The molecule has 2 aliphatic carbocycles. The third-order valence-electron chi connectivity index (χ3n) is 7.91. The summed E-state index contributed by atoms with van der Waals surface area (Å²) in [6.45, 7) is 0. The van der Waals surface area contributed by atoms with Gasteiger partial charge in [-0.1, -0.05) is 84.9 Å². The molecule has 1 saturated heterocycles. The van der Waals surface area contributed by atoms with Gasteiger partial charge in [0.15, 0.2) is 0 Å². The third-order valence-corrected chi connectivity index (χ3v) is 7.91. The highest BCUT2D eigenvalue weighted by Gasteiger charge is 2.31. The highest BCUT2D eigenvalue weighted by atomic mass is 15.0. The Hall–Kier alpha value is -3.16. The van der Waals surface area contributed by atoms with Crippen molar-refractivity contribution in [3.63, 3.8) is 0 Å². The van der Waals surface area contributed by atoms with Gasteiger partial charge >= 0.3 is 0 Å². The van der Waals surface area contributed by atoms with E-state index in [9.17, 15) is 0 Å². The van der Waals surface area contributed by atoms with E-state index >= 15 is 0 Å². The Balaban J connectivity index is 1.23. The normalized spacial score (nSPS) is 20.4. The predicted molar refractivity (Wildman–Crippen MR) is 132 cm³/mol. The van der Waals surface area contributed by atoms with E-state index in [0.29, 0.717) is 12.1 Å². The molecular formula is C31H27N. The summed E-state index contributed by atoms with van der Waals surface area (Å²) in [5, 5.41) is 4.10. The Labute approximate surface area is 190 Å². The average molecular weight is 414 g/mol. The van der Waals surface area contributed by atoms with Crippen molar-refractivity contribution in [1.82, 2.24) is 5.32 Å². The van der Waals surface area contributed by atoms with Crippen LogP contribution in [0.3, 0.4) is 0 Å². The fourth-order valence-electron chi connectivity index (χ4n) is 6.44. The molecule has 0 bridgehead atoms. The van der Waals surface area contributed by atoms with Gasteiger partial charge in [0, 0.05) is 12.1 Å². The predicted octanol–water partition coefficient (Wildman–Crippen LogP) is 7.38. The molecule has 2 atom stereocenters. The number of piperidine rings is 1. The second-order valence-corrected chi connectivity index (χ2v) is 9.62. The second kappa shape index (κ2) is 7.18. The molecular weight excluding hydrogens is 386 g/mol. The van der Waals surface area contributed by atoms with Crippen LogP contribution in [-0.2, 0) is 12.8 Å². The minimum atomic E-state index is 0.428. The molecule has 4 aromatic rings. The Bertz CT molecular complexity index is 1250. The maximum absolute atomic E-state index is 4.10. The maximum atomic E-state index is 4.10. The molecule has 156 valence electrons. The minimum Gasteiger partial charge on any atom is -0.303 e. The van der Waals surface area contributed by atoms with Crippen molar-refractivity contribution in [2.75, 3.05) is 0 Å². The van der Waals surface area contributed by atoms with Gasteiger partial charge in [0.05, 0.1) is 0 Å². The van der Waals surface area contributed by atoms with Crippen LogP contribution in [0.15, 0.2) is 84.9 Å². The van der Waals surface area contributed by atoms with Crippen LogP contribution in [0.25, 0.3) is 22.3 Å². The summed E-state index contributed by atoms with van der Waals surface area (Å²) in [5.74, 6) is 0. The van der Waals surface area contributed by atoms with Crippen molar-refractivity contribution >= 4 is 0 Å². The van der Waals surface area contributed by atoms with Crippen LogP contribution in [0.5, 0.6) is 0 Å². The molecule has 3 aliphatic rings. The number of hydrogen-bond donors (Lipinski definition) is 1. The van der Waals surface area contributed by atoms with Crippen molar-refractivity contribution in [3.8, 4) is 22.3 Å². The molecule has 7 rings (SSSR count). The van der Waals surface area contributed by atoms with Crippen LogP contribution in [0.4, 0.5) is 0 Å². The summed E-state index contributed by atoms with van der Waals surface area (Å²) < 4.78 is 0. The second-order valence-electron chi connectivity index (χ2n) is 9.62. The molecule has 1 aliphatic heterocycles. The van der Waals surface area contributed by atoms with Gasteiger partial charge in [-0.2, -0.15) is 0 Å². The quantitative estimate of drug-likeness (QED) is 0.312. The lowest BCUT2D eigenvalue weighted by Crippen LogP contribution is -2.32. The molecule has 32 heavy (non-hydrogen) atoms. The van der Waals surface area contributed by atoms with Crippen LogP contribution in [0, 0.1) is 0 Å². The summed E-state index contributed by atoms with van der Waals surface area (Å²) in [6.07, 6.45) is 5.85. The molecule has 1 heterocycles. The number of rotatable bonds is 2. The molecule has 0 spiro atoms. The summed E-state index contributed by atoms with van der Waals surface area (Å²) in [4.78, 5) is 0. The average Bonchev–Trinajstić information content (AvgIpc) is 3.42. The molecule has 0 amide bonds. The summed E-state index contributed by atoms with van der Waals surface area (Å²) >= 11 is 0. The van der Waals surface area contributed by atoms with Crippen molar-refractivity contribution in [2.24, 2.45) is 0 Å². The van der Waals surface area contributed by atoms with E-state index in [0.717, 1.165) is 12.8 Å². The van der Waals surface area contributed by atoms with E-state index in [-0.39, 0.29) is 0 Å². The van der Waals surface area contributed by atoms with E-state index < -0.39 is 0 Å². The fourth-order valence-corrected chi connectivity index (χ4v) is 6.44. The van der Waals surface area contributed by atoms with E-state index in [1.54, 1.807) is 0 Å². The Kier molecular flexibility index (Phi) is 4.13. The first-order valence-electron chi connectivity index (χ1n) is 12.0. The van der Waals surface area contributed by atoms with Crippen molar-refractivity contribution in [2.45, 2.75) is 44.2 Å². The maximum Gasteiger partial charge on any atom is 0.0328 e. The van der Waals surface area contributed by atoms with Gasteiger partial charge in [-0.25, -0.2) is 0 Å². The zero-order valence-corrected chi connectivity index (χ0v) is 18.3. The highest BCUT2D eigenvalue weighted by molar-refractivity contribution is 5.79. The summed E-state index contributed by atoms with van der Waals surface area (Å²) in [7, 11) is 0. The topological polar surface area (TPSA) is 12.0 Å². The van der Waals surface area contributed by atoms with E-state index in [1.165, 1.54) is 74.9 Å². The van der Waals surface area contributed by atoms with Crippen LogP contribution >= 0.6 is 0 Å². The molecule has 1 nitrogen and oxygen atoms in total. The molecule has 4 aromatic carbocycles. The molecule has 0 saturated carbocycles. The summed E-state index contributed by atoms with van der Waals surface area (Å²) in [6, 6.07) is 32.6. The van der Waals surface area contributed by atoms with Gasteiger partial charge < -0.3 is 5.32 Å². The lowest BCUT2D eigenvalue weighted by atomic mass is 9.85. The van der Waals surface area contributed by atoms with Crippen molar-refractivity contribution < 1.29 is 0 Å². The Morgan fingerprint density at radius 3 is 1.50 bits per heavy atom. The number of benzene rings is 4. The monoisotopic (exact) mass is 413 g/mol. The third kappa shape index (κ3) is 2.74. The summed E-state index contributed by atoms with van der Waals surface area (Å²) in [5.41, 5.74) is 14.8. The van der Waals surface area contributed by atoms with Gasteiger partial charge in [-0.15, -0.1) is 0 Å². The van der Waals surface area contributed by atoms with Crippen LogP contribution < -0.4 is 5.32 Å². The van der Waals surface area contributed by atoms with E-state index in [1.807, 2.05) is 0 Å². The largest absolute Gasteiger partial charge is 0.303 e.